The number of carbonyl (C=O) groups is 1. The molecule has 24 heavy (non-hydrogen) atoms. The van der Waals surface area contributed by atoms with Crippen LogP contribution in [0.3, 0.4) is 0 Å². The zero-order chi connectivity index (χ0) is 17.9. The monoisotopic (exact) mass is 336 g/mol. The smallest absolute Gasteiger partial charge is 0.303 e. The first-order chi connectivity index (χ1) is 11.7. The van der Waals surface area contributed by atoms with Crippen molar-refractivity contribution in [3.63, 3.8) is 0 Å². The van der Waals surface area contributed by atoms with Crippen molar-refractivity contribution in [2.24, 2.45) is 0 Å². The maximum atomic E-state index is 10.3. The van der Waals surface area contributed by atoms with Crippen LogP contribution in [0, 0.1) is 0 Å². The number of carboxylic acid groups (broad SMARTS) is 1. The second-order valence-corrected chi connectivity index (χ2v) is 5.63. The molecule has 0 atom stereocenters. The third-order valence-corrected chi connectivity index (χ3v) is 3.43. The Kier molecular flexibility index (Phi) is 16.2. The third kappa shape index (κ3) is 16.6. The minimum atomic E-state index is -0.748. The molecule has 0 fully saturated rings. The van der Waals surface area contributed by atoms with Crippen LogP contribution in [0.25, 0.3) is 0 Å². The lowest BCUT2D eigenvalue weighted by Gasteiger charge is -1.98. The van der Waals surface area contributed by atoms with Gasteiger partial charge in [0, 0.05) is 12.8 Å². The van der Waals surface area contributed by atoms with Gasteiger partial charge in [0.05, 0.1) is 0 Å². The molecule has 0 aliphatic heterocycles. The first-order valence-electron chi connectivity index (χ1n) is 8.88. The van der Waals surface area contributed by atoms with Gasteiger partial charge in [-0.1, -0.05) is 56.2 Å². The Hall–Kier alpha value is -1.81. The maximum Gasteiger partial charge on any atom is 0.303 e. The highest BCUT2D eigenvalue weighted by Crippen LogP contribution is 2.07. The Morgan fingerprint density at radius 1 is 0.917 bits per heavy atom. The molecule has 0 radical (unpaired) electrons. The van der Waals surface area contributed by atoms with Gasteiger partial charge >= 0.3 is 5.97 Å². The van der Waals surface area contributed by atoms with Gasteiger partial charge in [0.25, 0.3) is 0 Å². The molecule has 0 saturated carbocycles. The van der Waals surface area contributed by atoms with E-state index in [2.05, 4.69) is 24.0 Å². The summed E-state index contributed by atoms with van der Waals surface area (Å²) in [5, 5.41) is 17.4. The number of hydrogen-bond acceptors (Lipinski definition) is 3. The Bertz CT molecular complexity index is 419. The highest BCUT2D eigenvalue weighted by atomic mass is 17.1. The summed E-state index contributed by atoms with van der Waals surface area (Å²) in [4.78, 5) is 14.7. The van der Waals surface area contributed by atoms with E-state index in [1.54, 1.807) is 0 Å². The molecule has 0 heterocycles. The fraction of sp³-hybridized carbons (Fsp3) is 0.550. The molecule has 0 saturated heterocycles. The zero-order valence-corrected chi connectivity index (χ0v) is 14.8. The van der Waals surface area contributed by atoms with Gasteiger partial charge in [0.2, 0.25) is 0 Å². The van der Waals surface area contributed by atoms with Crippen molar-refractivity contribution in [2.75, 3.05) is 0 Å². The molecule has 0 rings (SSSR count). The number of carboxylic acids is 1. The van der Waals surface area contributed by atoms with E-state index in [0.717, 1.165) is 25.7 Å². The molecule has 0 aliphatic carbocycles. The van der Waals surface area contributed by atoms with E-state index in [9.17, 15) is 4.79 Å². The maximum absolute atomic E-state index is 10.3. The molecule has 0 aromatic heterocycles. The van der Waals surface area contributed by atoms with E-state index >= 15 is 0 Å². The van der Waals surface area contributed by atoms with Crippen molar-refractivity contribution in [3.8, 4) is 0 Å². The van der Waals surface area contributed by atoms with Crippen LogP contribution in [-0.2, 0) is 9.68 Å². The fourth-order valence-electron chi connectivity index (χ4n) is 2.04. The highest BCUT2D eigenvalue weighted by molar-refractivity contribution is 5.66. The molecule has 4 heteroatoms. The van der Waals surface area contributed by atoms with Crippen LogP contribution < -0.4 is 0 Å². The minimum Gasteiger partial charge on any atom is -0.481 e. The molecule has 0 aromatic rings. The average Bonchev–Trinajstić information content (AvgIpc) is 2.57. The number of hydrogen-bond donors (Lipinski definition) is 2. The topological polar surface area (TPSA) is 66.8 Å². The number of unbranched alkanes of at least 4 members (excludes halogenated alkanes) is 4. The third-order valence-electron chi connectivity index (χ3n) is 3.43. The van der Waals surface area contributed by atoms with Crippen molar-refractivity contribution < 1.29 is 20.0 Å². The number of allylic oxidation sites excluding steroid dienone is 7. The van der Waals surface area contributed by atoms with Crippen LogP contribution in [-0.4, -0.2) is 16.3 Å². The summed E-state index contributed by atoms with van der Waals surface area (Å²) in [5.41, 5.74) is 0. The van der Waals surface area contributed by atoms with E-state index in [-0.39, 0.29) is 6.42 Å². The SMILES string of the molecule is CCCCC/C=C\C/C=C(\C/C=C\C/C=C\CCCC(=O)O)OO. The van der Waals surface area contributed by atoms with Crippen molar-refractivity contribution in [1.82, 2.24) is 0 Å². The fourth-order valence-corrected chi connectivity index (χ4v) is 2.04. The molecule has 0 bridgehead atoms. The molecule has 2 N–H and O–H groups in total. The van der Waals surface area contributed by atoms with Gasteiger partial charge in [0.1, 0.15) is 5.76 Å². The summed E-state index contributed by atoms with van der Waals surface area (Å²) in [6.07, 6.45) is 22.7. The Morgan fingerprint density at radius 2 is 1.58 bits per heavy atom. The Labute approximate surface area is 146 Å². The summed E-state index contributed by atoms with van der Waals surface area (Å²) in [7, 11) is 0. The summed E-state index contributed by atoms with van der Waals surface area (Å²) in [5.74, 6) is -0.197. The molecule has 0 aliphatic rings. The predicted molar refractivity (Wildman–Crippen MR) is 98.7 cm³/mol. The lowest BCUT2D eigenvalue weighted by molar-refractivity contribution is -0.204. The zero-order valence-electron chi connectivity index (χ0n) is 14.8. The quantitative estimate of drug-likeness (QED) is 0.126. The standard InChI is InChI=1S/C20H32O4/c1-2-3-4-5-7-10-13-16-19(24-23)17-14-11-8-6-9-12-15-18-20(21)22/h6-7,9-11,14,16,23H,2-5,8,12-13,15,17-18H2,1H3,(H,21,22)/b9-6-,10-7-,14-11-,19-16+. The second kappa shape index (κ2) is 17.5. The summed E-state index contributed by atoms with van der Waals surface area (Å²) >= 11 is 0. The lowest BCUT2D eigenvalue weighted by atomic mass is 10.2. The van der Waals surface area contributed by atoms with E-state index in [1.807, 2.05) is 30.4 Å². The molecular weight excluding hydrogens is 304 g/mol. The van der Waals surface area contributed by atoms with Gasteiger partial charge in [-0.3, -0.25) is 4.79 Å². The van der Waals surface area contributed by atoms with Crippen molar-refractivity contribution in [1.29, 1.82) is 0 Å². The first kappa shape index (κ1) is 22.2. The van der Waals surface area contributed by atoms with Gasteiger partial charge in [0.15, 0.2) is 0 Å². The molecule has 136 valence electrons. The Morgan fingerprint density at radius 3 is 2.25 bits per heavy atom. The molecular formula is C20H32O4. The van der Waals surface area contributed by atoms with Crippen LogP contribution in [0.15, 0.2) is 48.3 Å². The van der Waals surface area contributed by atoms with E-state index in [4.69, 9.17) is 10.4 Å². The normalized spacial score (nSPS) is 12.7. The largest absolute Gasteiger partial charge is 0.481 e. The predicted octanol–water partition coefficient (Wildman–Crippen LogP) is 6.03. The molecule has 0 amide bonds. The molecule has 0 aromatic carbocycles. The summed E-state index contributed by atoms with van der Waals surface area (Å²) in [6, 6.07) is 0. The van der Waals surface area contributed by atoms with Gasteiger partial charge in [-0.15, -0.1) is 0 Å². The Balaban J connectivity index is 3.80. The van der Waals surface area contributed by atoms with E-state index < -0.39 is 5.97 Å². The van der Waals surface area contributed by atoms with Crippen LogP contribution in [0.5, 0.6) is 0 Å². The van der Waals surface area contributed by atoms with E-state index in [1.165, 1.54) is 19.3 Å². The van der Waals surface area contributed by atoms with E-state index in [0.29, 0.717) is 18.6 Å². The van der Waals surface area contributed by atoms with Gasteiger partial charge in [-0.2, -0.15) is 0 Å². The second-order valence-electron chi connectivity index (χ2n) is 5.63. The molecule has 0 unspecified atom stereocenters. The number of rotatable bonds is 15. The van der Waals surface area contributed by atoms with Gasteiger partial charge < -0.3 is 9.99 Å². The van der Waals surface area contributed by atoms with Crippen LogP contribution in [0.1, 0.15) is 71.1 Å². The van der Waals surface area contributed by atoms with Gasteiger partial charge in [-0.05, 0) is 44.6 Å². The van der Waals surface area contributed by atoms with Crippen LogP contribution in [0.2, 0.25) is 0 Å². The first-order valence-corrected chi connectivity index (χ1v) is 8.88. The molecule has 0 spiro atoms. The summed E-state index contributed by atoms with van der Waals surface area (Å²) < 4.78 is 0. The van der Waals surface area contributed by atoms with Crippen LogP contribution in [0.4, 0.5) is 0 Å². The van der Waals surface area contributed by atoms with Crippen molar-refractivity contribution in [3.05, 3.63) is 48.3 Å². The number of aliphatic carboxylic acids is 1. The van der Waals surface area contributed by atoms with Crippen molar-refractivity contribution >= 4 is 5.97 Å². The average molecular weight is 336 g/mol. The lowest BCUT2D eigenvalue weighted by Crippen LogP contribution is -1.92. The molecule has 4 nitrogen and oxygen atoms in total. The minimum absolute atomic E-state index is 0.217. The summed E-state index contributed by atoms with van der Waals surface area (Å²) in [6.45, 7) is 2.19. The van der Waals surface area contributed by atoms with Crippen molar-refractivity contribution in [2.45, 2.75) is 71.1 Å². The van der Waals surface area contributed by atoms with Gasteiger partial charge in [-0.25, -0.2) is 5.26 Å². The van der Waals surface area contributed by atoms with Crippen LogP contribution >= 0.6 is 0 Å². The highest BCUT2D eigenvalue weighted by Gasteiger charge is 1.94.